The zero-order valence-electron chi connectivity index (χ0n) is 10.8. The topological polar surface area (TPSA) is 85.1 Å². The molecule has 0 aliphatic heterocycles. The largest absolute Gasteiger partial charge is 0.389 e. The van der Waals surface area contributed by atoms with Gasteiger partial charge in [-0.05, 0) is 30.3 Å². The third-order valence-corrected chi connectivity index (χ3v) is 4.62. The molecule has 1 heterocycles. The van der Waals surface area contributed by atoms with Crippen LogP contribution in [0.2, 0.25) is 5.02 Å². The van der Waals surface area contributed by atoms with E-state index in [0.717, 1.165) is 0 Å². The van der Waals surface area contributed by atoms with Crippen LogP contribution in [0.15, 0.2) is 47.5 Å². The highest BCUT2D eigenvalue weighted by molar-refractivity contribution is 7.89. The highest BCUT2D eigenvalue weighted by atomic mass is 35.5. The Morgan fingerprint density at radius 2 is 2.10 bits per heavy atom. The Bertz CT molecular complexity index is 764. The SMILES string of the molecule is NC(=S)c1ccc(S(=O)(=O)NCc2ccccn2)cc1Cl. The molecule has 2 rings (SSSR count). The molecule has 0 radical (unpaired) electrons. The van der Waals surface area contributed by atoms with Crippen molar-refractivity contribution in [1.29, 1.82) is 0 Å². The number of rotatable bonds is 5. The van der Waals surface area contributed by atoms with E-state index in [9.17, 15) is 8.42 Å². The van der Waals surface area contributed by atoms with Crippen LogP contribution < -0.4 is 10.5 Å². The highest BCUT2D eigenvalue weighted by Crippen LogP contribution is 2.20. The summed E-state index contributed by atoms with van der Waals surface area (Å²) in [6, 6.07) is 9.47. The Morgan fingerprint density at radius 3 is 2.67 bits per heavy atom. The van der Waals surface area contributed by atoms with E-state index in [-0.39, 0.29) is 21.5 Å². The minimum absolute atomic E-state index is 0.0448. The minimum atomic E-state index is -3.68. The highest BCUT2D eigenvalue weighted by Gasteiger charge is 2.16. The van der Waals surface area contributed by atoms with Crippen molar-refractivity contribution >= 4 is 38.8 Å². The van der Waals surface area contributed by atoms with Crippen molar-refractivity contribution in [3.63, 3.8) is 0 Å². The van der Waals surface area contributed by atoms with Crippen molar-refractivity contribution < 1.29 is 8.42 Å². The normalized spacial score (nSPS) is 11.3. The summed E-state index contributed by atoms with van der Waals surface area (Å²) >= 11 is 10.8. The van der Waals surface area contributed by atoms with Crippen molar-refractivity contribution in [1.82, 2.24) is 9.71 Å². The maximum atomic E-state index is 12.2. The van der Waals surface area contributed by atoms with Gasteiger partial charge in [0, 0.05) is 11.8 Å². The van der Waals surface area contributed by atoms with Gasteiger partial charge in [0.2, 0.25) is 10.0 Å². The van der Waals surface area contributed by atoms with Gasteiger partial charge in [0.05, 0.1) is 22.2 Å². The van der Waals surface area contributed by atoms with Crippen LogP contribution in [0.3, 0.4) is 0 Å². The van der Waals surface area contributed by atoms with Gasteiger partial charge in [-0.3, -0.25) is 4.98 Å². The summed E-state index contributed by atoms with van der Waals surface area (Å²) in [5.74, 6) is 0. The predicted octanol–water partition coefficient (Wildman–Crippen LogP) is 1.85. The molecule has 1 aromatic heterocycles. The Balaban J connectivity index is 2.20. The van der Waals surface area contributed by atoms with Gasteiger partial charge in [-0.2, -0.15) is 0 Å². The molecule has 0 saturated carbocycles. The third-order valence-electron chi connectivity index (χ3n) is 2.69. The van der Waals surface area contributed by atoms with Crippen LogP contribution in [-0.2, 0) is 16.6 Å². The molecule has 8 heteroatoms. The molecule has 0 unspecified atom stereocenters. The molecule has 21 heavy (non-hydrogen) atoms. The van der Waals surface area contributed by atoms with E-state index in [0.29, 0.717) is 11.3 Å². The molecule has 1 aromatic carbocycles. The number of pyridine rings is 1. The summed E-state index contributed by atoms with van der Waals surface area (Å²) in [5, 5.41) is 0.197. The summed E-state index contributed by atoms with van der Waals surface area (Å²) < 4.78 is 26.8. The number of benzene rings is 1. The molecule has 0 fully saturated rings. The summed E-state index contributed by atoms with van der Waals surface area (Å²) in [5.41, 5.74) is 6.54. The summed E-state index contributed by atoms with van der Waals surface area (Å²) in [7, 11) is -3.68. The maximum Gasteiger partial charge on any atom is 0.240 e. The van der Waals surface area contributed by atoms with Crippen LogP contribution in [0.5, 0.6) is 0 Å². The first kappa shape index (κ1) is 15.8. The van der Waals surface area contributed by atoms with Gasteiger partial charge < -0.3 is 5.73 Å². The fourth-order valence-electron chi connectivity index (χ4n) is 1.62. The zero-order chi connectivity index (χ0) is 15.5. The molecule has 2 aromatic rings. The van der Waals surface area contributed by atoms with Crippen molar-refractivity contribution in [2.45, 2.75) is 11.4 Å². The first-order chi connectivity index (χ1) is 9.90. The van der Waals surface area contributed by atoms with Crippen molar-refractivity contribution in [3.8, 4) is 0 Å². The Labute approximate surface area is 133 Å². The maximum absolute atomic E-state index is 12.2. The van der Waals surface area contributed by atoms with Gasteiger partial charge in [-0.15, -0.1) is 0 Å². The van der Waals surface area contributed by atoms with Crippen LogP contribution in [0, 0.1) is 0 Å². The number of sulfonamides is 1. The lowest BCUT2D eigenvalue weighted by Gasteiger charge is -2.08. The van der Waals surface area contributed by atoms with Gasteiger partial charge in [-0.1, -0.05) is 29.9 Å². The number of halogens is 1. The van der Waals surface area contributed by atoms with Gasteiger partial charge >= 0.3 is 0 Å². The standard InChI is InChI=1S/C13H12ClN3O2S2/c14-12-7-10(4-5-11(12)13(15)20)21(18,19)17-8-9-3-1-2-6-16-9/h1-7,17H,8H2,(H2,15,20). The lowest BCUT2D eigenvalue weighted by atomic mass is 10.2. The molecule has 0 spiro atoms. The number of nitrogens with two attached hydrogens (primary N) is 1. The second-order valence-corrected chi connectivity index (χ2v) is 6.77. The molecule has 0 amide bonds. The molecule has 0 bridgehead atoms. The fraction of sp³-hybridized carbons (Fsp3) is 0.0769. The van der Waals surface area contributed by atoms with E-state index in [1.54, 1.807) is 24.4 Å². The van der Waals surface area contributed by atoms with Gasteiger partial charge in [-0.25, -0.2) is 13.1 Å². The summed E-state index contributed by atoms with van der Waals surface area (Å²) in [4.78, 5) is 4.20. The van der Waals surface area contributed by atoms with Crippen molar-refractivity contribution in [3.05, 3.63) is 58.9 Å². The lowest BCUT2D eigenvalue weighted by molar-refractivity contribution is 0.580. The van der Waals surface area contributed by atoms with E-state index in [2.05, 4.69) is 9.71 Å². The predicted molar refractivity (Wildman–Crippen MR) is 85.6 cm³/mol. The first-order valence-electron chi connectivity index (χ1n) is 5.89. The number of hydrogen-bond acceptors (Lipinski definition) is 4. The van der Waals surface area contributed by atoms with E-state index >= 15 is 0 Å². The third kappa shape index (κ3) is 3.98. The molecular weight excluding hydrogens is 330 g/mol. The summed E-state index contributed by atoms with van der Waals surface area (Å²) in [6.07, 6.45) is 1.59. The van der Waals surface area contributed by atoms with Crippen LogP contribution in [-0.4, -0.2) is 18.4 Å². The monoisotopic (exact) mass is 341 g/mol. The fourth-order valence-corrected chi connectivity index (χ4v) is 3.22. The number of nitrogens with one attached hydrogen (secondary N) is 1. The molecule has 0 aliphatic rings. The Morgan fingerprint density at radius 1 is 1.33 bits per heavy atom. The lowest BCUT2D eigenvalue weighted by Crippen LogP contribution is -2.24. The molecule has 3 N–H and O–H groups in total. The van der Waals surface area contributed by atoms with E-state index < -0.39 is 10.0 Å². The second-order valence-electron chi connectivity index (χ2n) is 4.15. The first-order valence-corrected chi connectivity index (χ1v) is 8.16. The molecule has 110 valence electrons. The molecule has 0 aliphatic carbocycles. The van der Waals surface area contributed by atoms with Gasteiger partial charge in [0.15, 0.2) is 0 Å². The van der Waals surface area contributed by atoms with E-state index in [1.165, 1.54) is 18.2 Å². The number of aromatic nitrogens is 1. The average Bonchev–Trinajstić information content (AvgIpc) is 2.46. The van der Waals surface area contributed by atoms with Crippen molar-refractivity contribution in [2.24, 2.45) is 5.73 Å². The van der Waals surface area contributed by atoms with Crippen molar-refractivity contribution in [2.75, 3.05) is 0 Å². The smallest absolute Gasteiger partial charge is 0.240 e. The van der Waals surface area contributed by atoms with Crippen LogP contribution in [0.4, 0.5) is 0 Å². The Hall–Kier alpha value is -1.54. The van der Waals surface area contributed by atoms with Gasteiger partial charge in [0.25, 0.3) is 0 Å². The number of thiocarbonyl (C=S) groups is 1. The van der Waals surface area contributed by atoms with Crippen LogP contribution in [0.25, 0.3) is 0 Å². The van der Waals surface area contributed by atoms with Gasteiger partial charge in [0.1, 0.15) is 4.99 Å². The molecule has 5 nitrogen and oxygen atoms in total. The minimum Gasteiger partial charge on any atom is -0.389 e. The molecule has 0 atom stereocenters. The van der Waals surface area contributed by atoms with E-state index in [1.807, 2.05) is 0 Å². The van der Waals surface area contributed by atoms with E-state index in [4.69, 9.17) is 29.6 Å². The number of nitrogens with zero attached hydrogens (tertiary/aromatic N) is 1. The summed E-state index contributed by atoms with van der Waals surface area (Å²) in [6.45, 7) is 0.0951. The average molecular weight is 342 g/mol. The molecule has 0 saturated heterocycles. The molecular formula is C13H12ClN3O2S2. The quantitative estimate of drug-likeness (QED) is 0.811. The second kappa shape index (κ2) is 6.48. The number of hydrogen-bond donors (Lipinski definition) is 2. The Kier molecular flexibility index (Phi) is 4.89. The van der Waals surface area contributed by atoms with Crippen LogP contribution >= 0.6 is 23.8 Å². The zero-order valence-corrected chi connectivity index (χ0v) is 13.2. The van der Waals surface area contributed by atoms with Crippen LogP contribution in [0.1, 0.15) is 11.3 Å².